The molecule has 2 N–H and O–H groups in total. The van der Waals surface area contributed by atoms with Gasteiger partial charge in [0.25, 0.3) is 5.56 Å². The lowest BCUT2D eigenvalue weighted by Crippen LogP contribution is -2.50. The van der Waals surface area contributed by atoms with Gasteiger partial charge in [0.1, 0.15) is 11.6 Å². The van der Waals surface area contributed by atoms with Crippen LogP contribution < -0.4 is 15.6 Å². The summed E-state index contributed by atoms with van der Waals surface area (Å²) in [5.41, 5.74) is -0.476. The summed E-state index contributed by atoms with van der Waals surface area (Å²) < 4.78 is 13.6. The SMILES string of the molecule is CCCC(C)([C@@H](NC(=O)O)c1ccc(OC)cc1)n1c(Cl)nn2c(C3CCOCC3)ncc2c1=O. The van der Waals surface area contributed by atoms with Crippen molar-refractivity contribution in [1.82, 2.24) is 24.5 Å². The van der Waals surface area contributed by atoms with E-state index >= 15 is 0 Å². The van der Waals surface area contributed by atoms with Crippen LogP contribution in [0, 0.1) is 0 Å². The molecule has 11 heteroatoms. The Hall–Kier alpha value is -3.11. The van der Waals surface area contributed by atoms with Crippen molar-refractivity contribution < 1.29 is 19.4 Å². The zero-order valence-corrected chi connectivity index (χ0v) is 20.8. The van der Waals surface area contributed by atoms with Crippen LogP contribution >= 0.6 is 11.6 Å². The van der Waals surface area contributed by atoms with Crippen LogP contribution in [0.1, 0.15) is 62.9 Å². The molecule has 0 aliphatic carbocycles. The minimum atomic E-state index is -1.21. The van der Waals surface area contributed by atoms with Crippen molar-refractivity contribution in [2.75, 3.05) is 20.3 Å². The lowest BCUT2D eigenvalue weighted by molar-refractivity contribution is 0.0832. The first kappa shape index (κ1) is 25.0. The van der Waals surface area contributed by atoms with E-state index in [0.717, 1.165) is 12.8 Å². The van der Waals surface area contributed by atoms with Crippen LogP contribution in [0.25, 0.3) is 5.52 Å². The number of amides is 1. The molecule has 1 amide bonds. The number of carbonyl (C=O) groups is 1. The lowest BCUT2D eigenvalue weighted by atomic mass is 9.82. The number of halogens is 1. The molecule has 35 heavy (non-hydrogen) atoms. The molecule has 1 aliphatic heterocycles. The molecule has 1 aromatic carbocycles. The average molecular weight is 504 g/mol. The Bertz CT molecular complexity index is 1250. The van der Waals surface area contributed by atoms with E-state index in [1.165, 1.54) is 15.3 Å². The zero-order valence-electron chi connectivity index (χ0n) is 20.0. The zero-order chi connectivity index (χ0) is 25.2. The molecular weight excluding hydrogens is 474 g/mol. The average Bonchev–Trinajstić information content (AvgIpc) is 3.27. The smallest absolute Gasteiger partial charge is 0.405 e. The summed E-state index contributed by atoms with van der Waals surface area (Å²) >= 11 is 6.70. The van der Waals surface area contributed by atoms with Gasteiger partial charge in [0.15, 0.2) is 5.52 Å². The van der Waals surface area contributed by atoms with E-state index in [4.69, 9.17) is 21.1 Å². The topological polar surface area (TPSA) is 120 Å². The van der Waals surface area contributed by atoms with Gasteiger partial charge in [-0.15, -0.1) is 5.10 Å². The molecule has 0 bridgehead atoms. The van der Waals surface area contributed by atoms with Gasteiger partial charge >= 0.3 is 6.09 Å². The summed E-state index contributed by atoms with van der Waals surface area (Å²) in [6.07, 6.45) is 3.02. The molecule has 1 saturated heterocycles. The first-order valence-electron chi connectivity index (χ1n) is 11.7. The van der Waals surface area contributed by atoms with E-state index in [-0.39, 0.29) is 16.8 Å². The number of methoxy groups -OCH3 is 1. The number of rotatable bonds is 8. The Morgan fingerprint density at radius 2 is 2.03 bits per heavy atom. The van der Waals surface area contributed by atoms with E-state index in [9.17, 15) is 14.7 Å². The molecule has 188 valence electrons. The van der Waals surface area contributed by atoms with Gasteiger partial charge in [-0.05, 0) is 55.5 Å². The molecule has 3 aromatic rings. The molecule has 3 heterocycles. The molecule has 10 nitrogen and oxygen atoms in total. The Morgan fingerprint density at radius 3 is 2.63 bits per heavy atom. The first-order valence-corrected chi connectivity index (χ1v) is 12.1. The molecule has 2 aromatic heterocycles. The third kappa shape index (κ3) is 4.72. The summed E-state index contributed by atoms with van der Waals surface area (Å²) in [7, 11) is 1.56. The van der Waals surface area contributed by atoms with E-state index in [2.05, 4.69) is 15.4 Å². The molecule has 4 rings (SSSR count). The van der Waals surface area contributed by atoms with Crippen molar-refractivity contribution in [1.29, 1.82) is 0 Å². The molecule has 1 aliphatic rings. The number of fused-ring (bicyclic) bond motifs is 1. The molecule has 0 saturated carbocycles. The monoisotopic (exact) mass is 503 g/mol. The van der Waals surface area contributed by atoms with Crippen LogP contribution in [0.5, 0.6) is 5.75 Å². The third-order valence-corrected chi connectivity index (χ3v) is 6.99. The predicted molar refractivity (Wildman–Crippen MR) is 131 cm³/mol. The molecule has 0 radical (unpaired) electrons. The van der Waals surface area contributed by atoms with Gasteiger partial charge in [-0.3, -0.25) is 9.36 Å². The van der Waals surface area contributed by atoms with Gasteiger partial charge in [0, 0.05) is 19.1 Å². The molecule has 1 fully saturated rings. The van der Waals surface area contributed by atoms with Gasteiger partial charge in [0.05, 0.1) is 24.9 Å². The van der Waals surface area contributed by atoms with Crippen LogP contribution in [0.2, 0.25) is 5.28 Å². The maximum absolute atomic E-state index is 13.8. The van der Waals surface area contributed by atoms with Crippen molar-refractivity contribution in [2.24, 2.45) is 0 Å². The number of benzene rings is 1. The van der Waals surface area contributed by atoms with Crippen LogP contribution in [-0.4, -0.2) is 50.7 Å². The Labute approximate surface area is 207 Å². The second kappa shape index (κ2) is 10.2. The number of hydrogen-bond donors (Lipinski definition) is 2. The molecule has 2 atom stereocenters. The summed E-state index contributed by atoms with van der Waals surface area (Å²) in [6.45, 7) is 5.05. The fraction of sp³-hybridized carbons (Fsp3) is 0.500. The second-order valence-electron chi connectivity index (χ2n) is 8.97. The van der Waals surface area contributed by atoms with E-state index in [1.807, 2.05) is 13.8 Å². The van der Waals surface area contributed by atoms with Crippen LogP contribution in [-0.2, 0) is 10.3 Å². The standard InChI is InChI=1S/C24H30ClN5O5/c1-4-11-24(2,19(27-23(32)33)15-5-7-17(34-3)8-6-15)29-21(31)18-14-26-20(30(18)28-22(29)25)16-9-12-35-13-10-16/h5-8,14,16,19,27H,4,9-13H2,1-3H3,(H,32,33)/t19-,24?/m0/s1. The number of nitrogens with one attached hydrogen (secondary N) is 1. The normalized spacial score (nSPS) is 17.1. The predicted octanol–water partition coefficient (Wildman–Crippen LogP) is 3.97. The minimum Gasteiger partial charge on any atom is -0.497 e. The number of hydrogen-bond acceptors (Lipinski definition) is 6. The highest BCUT2D eigenvalue weighted by atomic mass is 35.5. The van der Waals surface area contributed by atoms with E-state index in [1.54, 1.807) is 31.4 Å². The highest BCUT2D eigenvalue weighted by Gasteiger charge is 2.41. The van der Waals surface area contributed by atoms with Gasteiger partial charge in [0.2, 0.25) is 5.28 Å². The number of carboxylic acid groups (broad SMARTS) is 1. The fourth-order valence-electron chi connectivity index (χ4n) is 5.02. The van der Waals surface area contributed by atoms with Crippen molar-refractivity contribution >= 4 is 23.2 Å². The van der Waals surface area contributed by atoms with Gasteiger partial charge in [-0.2, -0.15) is 0 Å². The quantitative estimate of drug-likeness (QED) is 0.477. The Balaban J connectivity index is 1.88. The summed E-state index contributed by atoms with van der Waals surface area (Å²) in [4.78, 5) is 30.2. The number of aromatic nitrogens is 4. The number of ether oxygens (including phenoxy) is 2. The fourth-order valence-corrected chi connectivity index (χ4v) is 5.37. The Kier molecular flexibility index (Phi) is 7.32. The first-order chi connectivity index (χ1) is 16.8. The van der Waals surface area contributed by atoms with E-state index < -0.39 is 17.7 Å². The largest absolute Gasteiger partial charge is 0.497 e. The van der Waals surface area contributed by atoms with Gasteiger partial charge in [-0.25, -0.2) is 14.3 Å². The molecule has 0 spiro atoms. The highest BCUT2D eigenvalue weighted by Crippen LogP contribution is 2.38. The molecular formula is C24H30ClN5O5. The van der Waals surface area contributed by atoms with Gasteiger partial charge in [-0.1, -0.05) is 25.5 Å². The summed E-state index contributed by atoms with van der Waals surface area (Å²) in [5.74, 6) is 1.44. The summed E-state index contributed by atoms with van der Waals surface area (Å²) in [5, 5.41) is 16.8. The van der Waals surface area contributed by atoms with Crippen molar-refractivity contribution in [2.45, 2.75) is 57.0 Å². The summed E-state index contributed by atoms with van der Waals surface area (Å²) in [6, 6.07) is 6.27. The maximum atomic E-state index is 13.8. The Morgan fingerprint density at radius 1 is 1.34 bits per heavy atom. The van der Waals surface area contributed by atoms with Crippen molar-refractivity contribution in [3.8, 4) is 5.75 Å². The highest BCUT2D eigenvalue weighted by molar-refractivity contribution is 6.28. The third-order valence-electron chi connectivity index (χ3n) is 6.75. The lowest BCUT2D eigenvalue weighted by Gasteiger charge is -2.39. The molecule has 1 unspecified atom stereocenters. The van der Waals surface area contributed by atoms with Crippen LogP contribution in [0.4, 0.5) is 4.79 Å². The van der Waals surface area contributed by atoms with Crippen molar-refractivity contribution in [3.05, 3.63) is 57.5 Å². The van der Waals surface area contributed by atoms with Crippen LogP contribution in [0.3, 0.4) is 0 Å². The second-order valence-corrected chi connectivity index (χ2v) is 9.31. The number of nitrogens with zero attached hydrogens (tertiary/aromatic N) is 4. The maximum Gasteiger partial charge on any atom is 0.405 e. The number of imidazole rings is 1. The van der Waals surface area contributed by atoms with Gasteiger partial charge < -0.3 is 19.9 Å². The minimum absolute atomic E-state index is 0.0320. The van der Waals surface area contributed by atoms with Crippen molar-refractivity contribution in [3.63, 3.8) is 0 Å². The van der Waals surface area contributed by atoms with Crippen LogP contribution in [0.15, 0.2) is 35.3 Å². The van der Waals surface area contributed by atoms with E-state index in [0.29, 0.717) is 48.7 Å².